The Morgan fingerprint density at radius 1 is 1.29 bits per heavy atom. The van der Waals surface area contributed by atoms with Crippen LogP contribution in [0.2, 0.25) is 0 Å². The van der Waals surface area contributed by atoms with E-state index in [-0.39, 0.29) is 11.6 Å². The molecule has 0 atom stereocenters. The van der Waals surface area contributed by atoms with E-state index in [1.807, 2.05) is 12.1 Å². The third kappa shape index (κ3) is 3.03. The van der Waals surface area contributed by atoms with E-state index in [0.29, 0.717) is 13.2 Å². The number of rotatable bonds is 6. The topological polar surface area (TPSA) is 60.7 Å². The first-order valence-corrected chi connectivity index (χ1v) is 6.94. The van der Waals surface area contributed by atoms with Gasteiger partial charge in [-0.3, -0.25) is 0 Å². The number of nitrogens with zero attached hydrogens (tertiary/aromatic N) is 1. The largest absolute Gasteiger partial charge is 0.491 e. The smallest absolute Gasteiger partial charge is 0.352 e. The molecule has 0 aliphatic rings. The molecule has 1 aromatic heterocycles. The number of carboxylic acid groups (broad SMARTS) is 1. The average molecular weight is 291 g/mol. The van der Waals surface area contributed by atoms with Crippen LogP contribution in [0, 0.1) is 0 Å². The summed E-state index contributed by atoms with van der Waals surface area (Å²) in [6, 6.07) is 5.55. The molecule has 0 aliphatic carbocycles. The normalized spacial score (nSPS) is 11.3. The number of aryl methyl sites for hydroxylation is 1. The number of fused-ring (bicyclic) bond motifs is 1. The van der Waals surface area contributed by atoms with Crippen LogP contribution in [0.1, 0.15) is 35.8 Å². The van der Waals surface area contributed by atoms with E-state index in [4.69, 9.17) is 9.47 Å². The van der Waals surface area contributed by atoms with Gasteiger partial charge in [0.25, 0.3) is 0 Å². The highest BCUT2D eigenvalue weighted by Gasteiger charge is 2.17. The van der Waals surface area contributed by atoms with Crippen molar-refractivity contribution in [1.29, 1.82) is 0 Å². The Kier molecular flexibility index (Phi) is 4.53. The van der Waals surface area contributed by atoms with Crippen molar-refractivity contribution in [2.24, 2.45) is 7.05 Å². The van der Waals surface area contributed by atoms with E-state index in [1.165, 1.54) is 0 Å². The van der Waals surface area contributed by atoms with Crippen LogP contribution >= 0.6 is 0 Å². The number of aromatic nitrogens is 1. The van der Waals surface area contributed by atoms with Crippen molar-refractivity contribution in [3.8, 4) is 5.75 Å². The lowest BCUT2D eigenvalue weighted by Gasteiger charge is -2.13. The summed E-state index contributed by atoms with van der Waals surface area (Å²) in [5, 5.41) is 10.2. The Balaban J connectivity index is 2.54. The second-order valence-electron chi connectivity index (χ2n) is 5.34. The first-order chi connectivity index (χ1) is 9.95. The molecule has 0 amide bonds. The number of hydrogen-bond acceptors (Lipinski definition) is 3. The summed E-state index contributed by atoms with van der Waals surface area (Å²) in [4.78, 5) is 11.3. The van der Waals surface area contributed by atoms with Gasteiger partial charge in [-0.1, -0.05) is 13.8 Å². The minimum atomic E-state index is -0.926. The lowest BCUT2D eigenvalue weighted by molar-refractivity contribution is 0.0687. The van der Waals surface area contributed by atoms with Crippen LogP contribution in [-0.2, 0) is 11.8 Å². The zero-order chi connectivity index (χ0) is 15.6. The lowest BCUT2D eigenvalue weighted by Crippen LogP contribution is -2.06. The molecule has 114 valence electrons. The molecule has 0 aliphatic heterocycles. The Bertz CT molecular complexity index is 658. The maximum atomic E-state index is 11.3. The highest BCUT2D eigenvalue weighted by molar-refractivity contribution is 5.96. The van der Waals surface area contributed by atoms with Gasteiger partial charge in [0.15, 0.2) is 0 Å². The number of aromatic carboxylic acids is 1. The van der Waals surface area contributed by atoms with Crippen molar-refractivity contribution in [3.63, 3.8) is 0 Å². The summed E-state index contributed by atoms with van der Waals surface area (Å²) >= 11 is 0. The Morgan fingerprint density at radius 3 is 2.57 bits per heavy atom. The van der Waals surface area contributed by atoms with Crippen LogP contribution in [-0.4, -0.2) is 36.0 Å². The minimum Gasteiger partial charge on any atom is -0.491 e. The molecule has 2 rings (SSSR count). The number of benzene rings is 1. The van der Waals surface area contributed by atoms with Crippen molar-refractivity contribution in [3.05, 3.63) is 29.5 Å². The van der Waals surface area contributed by atoms with E-state index in [0.717, 1.165) is 22.2 Å². The molecule has 0 fully saturated rings. The van der Waals surface area contributed by atoms with Gasteiger partial charge in [-0.25, -0.2) is 4.79 Å². The van der Waals surface area contributed by atoms with Crippen molar-refractivity contribution in [2.75, 3.05) is 20.3 Å². The second kappa shape index (κ2) is 6.18. The Labute approximate surface area is 124 Å². The summed E-state index contributed by atoms with van der Waals surface area (Å²) in [6.07, 6.45) is 0. The molecule has 1 aromatic carbocycles. The predicted octanol–water partition coefficient (Wildman–Crippen LogP) is 3.03. The number of carboxylic acids is 1. The Morgan fingerprint density at radius 2 is 2.00 bits per heavy atom. The predicted molar refractivity (Wildman–Crippen MR) is 81.3 cm³/mol. The van der Waals surface area contributed by atoms with Gasteiger partial charge in [-0.2, -0.15) is 0 Å². The molecule has 0 saturated carbocycles. The number of methoxy groups -OCH3 is 1. The number of hydrogen-bond donors (Lipinski definition) is 1. The highest BCUT2D eigenvalue weighted by atomic mass is 16.5. The maximum Gasteiger partial charge on any atom is 0.352 e. The molecular weight excluding hydrogens is 270 g/mol. The lowest BCUT2D eigenvalue weighted by atomic mass is 10.00. The summed E-state index contributed by atoms with van der Waals surface area (Å²) in [5.41, 5.74) is 2.30. The molecule has 5 nitrogen and oxygen atoms in total. The van der Waals surface area contributed by atoms with Crippen LogP contribution in [0.15, 0.2) is 18.2 Å². The molecule has 21 heavy (non-hydrogen) atoms. The fourth-order valence-electron chi connectivity index (χ4n) is 2.48. The SMILES string of the molecule is COCCOc1cc(C(C)C)c2c(c1)cc(C(=O)O)n2C. The van der Waals surface area contributed by atoms with Crippen LogP contribution < -0.4 is 4.74 Å². The van der Waals surface area contributed by atoms with Crippen molar-refractivity contribution >= 4 is 16.9 Å². The van der Waals surface area contributed by atoms with E-state index < -0.39 is 5.97 Å². The molecule has 0 spiro atoms. The summed E-state index contributed by atoms with van der Waals surface area (Å²) < 4.78 is 12.4. The van der Waals surface area contributed by atoms with Gasteiger partial charge in [0.2, 0.25) is 0 Å². The van der Waals surface area contributed by atoms with Gasteiger partial charge >= 0.3 is 5.97 Å². The third-order valence-corrected chi connectivity index (χ3v) is 3.53. The van der Waals surface area contributed by atoms with Crippen LogP contribution in [0.25, 0.3) is 10.9 Å². The maximum absolute atomic E-state index is 11.3. The quantitative estimate of drug-likeness (QED) is 0.831. The van der Waals surface area contributed by atoms with Crippen LogP contribution in [0.4, 0.5) is 0 Å². The summed E-state index contributed by atoms with van der Waals surface area (Å²) in [6.45, 7) is 5.16. The fraction of sp³-hybridized carbons (Fsp3) is 0.438. The molecule has 5 heteroatoms. The van der Waals surface area contributed by atoms with Crippen LogP contribution in [0.3, 0.4) is 0 Å². The minimum absolute atomic E-state index is 0.272. The molecular formula is C16H21NO4. The highest BCUT2D eigenvalue weighted by Crippen LogP contribution is 2.32. The second-order valence-corrected chi connectivity index (χ2v) is 5.34. The van der Waals surface area contributed by atoms with E-state index in [1.54, 1.807) is 24.8 Å². The number of carbonyl (C=O) groups is 1. The van der Waals surface area contributed by atoms with E-state index in [2.05, 4.69) is 13.8 Å². The van der Waals surface area contributed by atoms with Gasteiger partial charge in [0.1, 0.15) is 18.1 Å². The molecule has 1 heterocycles. The Hall–Kier alpha value is -2.01. The molecule has 2 aromatic rings. The zero-order valence-electron chi connectivity index (χ0n) is 12.8. The number of ether oxygens (including phenoxy) is 2. The first kappa shape index (κ1) is 15.4. The summed E-state index contributed by atoms with van der Waals surface area (Å²) in [7, 11) is 3.41. The molecule has 0 saturated heterocycles. The average Bonchev–Trinajstić information content (AvgIpc) is 2.76. The van der Waals surface area contributed by atoms with Crippen molar-refractivity contribution < 1.29 is 19.4 Å². The van der Waals surface area contributed by atoms with Gasteiger partial charge in [-0.15, -0.1) is 0 Å². The van der Waals surface area contributed by atoms with Crippen molar-refractivity contribution in [1.82, 2.24) is 4.57 Å². The molecule has 1 N–H and O–H groups in total. The van der Waals surface area contributed by atoms with Gasteiger partial charge in [-0.05, 0) is 29.7 Å². The van der Waals surface area contributed by atoms with Crippen molar-refractivity contribution in [2.45, 2.75) is 19.8 Å². The molecule has 0 unspecified atom stereocenters. The fourth-order valence-corrected chi connectivity index (χ4v) is 2.48. The van der Waals surface area contributed by atoms with E-state index >= 15 is 0 Å². The zero-order valence-corrected chi connectivity index (χ0v) is 12.8. The van der Waals surface area contributed by atoms with Gasteiger partial charge in [0, 0.05) is 19.5 Å². The van der Waals surface area contributed by atoms with Gasteiger partial charge in [0.05, 0.1) is 12.1 Å². The van der Waals surface area contributed by atoms with Gasteiger partial charge < -0.3 is 19.1 Å². The van der Waals surface area contributed by atoms with Crippen LogP contribution in [0.5, 0.6) is 5.75 Å². The monoisotopic (exact) mass is 291 g/mol. The third-order valence-electron chi connectivity index (χ3n) is 3.53. The standard InChI is InChI=1S/C16H21NO4/c1-10(2)13-9-12(21-6-5-20-4)7-11-8-14(16(18)19)17(3)15(11)13/h7-10H,5-6H2,1-4H3,(H,18,19). The molecule has 0 bridgehead atoms. The van der Waals surface area contributed by atoms with E-state index in [9.17, 15) is 9.90 Å². The molecule has 0 radical (unpaired) electrons. The summed E-state index contributed by atoms with van der Waals surface area (Å²) in [5.74, 6) is 0.0877. The first-order valence-electron chi connectivity index (χ1n) is 6.94.